The summed E-state index contributed by atoms with van der Waals surface area (Å²) in [7, 11) is 0. The molecular formula is C16H17N3O3. The van der Waals surface area contributed by atoms with Gasteiger partial charge in [-0.05, 0) is 37.6 Å². The zero-order valence-corrected chi connectivity index (χ0v) is 12.6. The lowest BCUT2D eigenvalue weighted by Crippen LogP contribution is -2.30. The Morgan fingerprint density at radius 1 is 1.41 bits per heavy atom. The SMILES string of the molecule is CCOC1(c2nnc(-c3ccc(C#N)cc3C)o2)CCOC1. The molecule has 0 N–H and O–H groups in total. The van der Waals surface area contributed by atoms with Crippen LogP contribution in [0.2, 0.25) is 0 Å². The summed E-state index contributed by atoms with van der Waals surface area (Å²) in [6.45, 7) is 5.44. The van der Waals surface area contributed by atoms with E-state index in [1.165, 1.54) is 0 Å². The molecule has 0 bridgehead atoms. The quantitative estimate of drug-likeness (QED) is 0.863. The van der Waals surface area contributed by atoms with E-state index in [2.05, 4.69) is 16.3 Å². The molecule has 6 nitrogen and oxygen atoms in total. The number of rotatable bonds is 4. The average Bonchev–Trinajstić information content (AvgIpc) is 3.17. The predicted octanol–water partition coefficient (Wildman–Crippen LogP) is 2.57. The highest BCUT2D eigenvalue weighted by atomic mass is 16.6. The van der Waals surface area contributed by atoms with Gasteiger partial charge in [0.25, 0.3) is 5.89 Å². The van der Waals surface area contributed by atoms with Gasteiger partial charge in [0.2, 0.25) is 5.89 Å². The van der Waals surface area contributed by atoms with Gasteiger partial charge >= 0.3 is 0 Å². The Morgan fingerprint density at radius 3 is 2.91 bits per heavy atom. The van der Waals surface area contributed by atoms with Gasteiger partial charge < -0.3 is 13.9 Å². The molecule has 1 aromatic carbocycles. The number of ether oxygens (including phenoxy) is 2. The third-order valence-electron chi connectivity index (χ3n) is 3.81. The van der Waals surface area contributed by atoms with Crippen LogP contribution in [-0.4, -0.2) is 30.0 Å². The van der Waals surface area contributed by atoms with Crippen LogP contribution in [0.1, 0.15) is 30.4 Å². The van der Waals surface area contributed by atoms with E-state index in [9.17, 15) is 0 Å². The highest BCUT2D eigenvalue weighted by Crippen LogP contribution is 2.35. The Labute approximate surface area is 128 Å². The number of nitrogens with zero attached hydrogens (tertiary/aromatic N) is 3. The van der Waals surface area contributed by atoms with Crippen LogP contribution in [0.4, 0.5) is 0 Å². The molecule has 2 heterocycles. The summed E-state index contributed by atoms with van der Waals surface area (Å²) in [6, 6.07) is 7.48. The van der Waals surface area contributed by atoms with Gasteiger partial charge in [-0.2, -0.15) is 5.26 Å². The van der Waals surface area contributed by atoms with Gasteiger partial charge in [0, 0.05) is 18.6 Å². The van der Waals surface area contributed by atoms with Gasteiger partial charge in [-0.15, -0.1) is 10.2 Å². The van der Waals surface area contributed by atoms with E-state index in [-0.39, 0.29) is 0 Å². The second-order valence-electron chi connectivity index (χ2n) is 5.28. The summed E-state index contributed by atoms with van der Waals surface area (Å²) in [5, 5.41) is 17.2. The zero-order chi connectivity index (χ0) is 15.6. The van der Waals surface area contributed by atoms with Crippen LogP contribution in [0.5, 0.6) is 0 Å². The Hall–Kier alpha value is -2.23. The van der Waals surface area contributed by atoms with Gasteiger partial charge in [0.15, 0.2) is 5.60 Å². The summed E-state index contributed by atoms with van der Waals surface area (Å²) in [6.07, 6.45) is 0.703. The summed E-state index contributed by atoms with van der Waals surface area (Å²) in [4.78, 5) is 0. The number of nitriles is 1. The largest absolute Gasteiger partial charge is 0.417 e. The molecule has 1 unspecified atom stereocenters. The number of aromatic nitrogens is 2. The maximum Gasteiger partial charge on any atom is 0.251 e. The van der Waals surface area contributed by atoms with Gasteiger partial charge in [0.1, 0.15) is 0 Å². The standard InChI is InChI=1S/C16H17N3O3/c1-3-21-16(6-7-20-10-16)15-19-18-14(22-15)13-5-4-12(9-17)8-11(13)2/h4-5,8H,3,6-7,10H2,1-2H3. The Bertz CT molecular complexity index is 712. The first-order chi connectivity index (χ1) is 10.7. The van der Waals surface area contributed by atoms with Crippen molar-refractivity contribution in [3.63, 3.8) is 0 Å². The topological polar surface area (TPSA) is 81.2 Å². The van der Waals surface area contributed by atoms with Gasteiger partial charge in [0.05, 0.1) is 24.8 Å². The molecule has 6 heteroatoms. The fourth-order valence-corrected chi connectivity index (χ4v) is 2.66. The zero-order valence-electron chi connectivity index (χ0n) is 12.6. The molecule has 114 valence electrons. The lowest BCUT2D eigenvalue weighted by molar-refractivity contribution is -0.0657. The molecule has 1 aromatic heterocycles. The molecule has 0 amide bonds. The highest BCUT2D eigenvalue weighted by molar-refractivity contribution is 5.59. The minimum atomic E-state index is -0.638. The van der Waals surface area contributed by atoms with E-state index in [1.807, 2.05) is 19.9 Å². The van der Waals surface area contributed by atoms with E-state index in [0.717, 1.165) is 11.1 Å². The second-order valence-corrected chi connectivity index (χ2v) is 5.28. The molecule has 0 radical (unpaired) electrons. The van der Waals surface area contributed by atoms with E-state index < -0.39 is 5.60 Å². The van der Waals surface area contributed by atoms with E-state index >= 15 is 0 Å². The number of benzene rings is 1. The third kappa shape index (κ3) is 2.49. The van der Waals surface area contributed by atoms with Crippen molar-refractivity contribution >= 4 is 0 Å². The van der Waals surface area contributed by atoms with Crippen LogP contribution in [0.25, 0.3) is 11.5 Å². The number of hydrogen-bond acceptors (Lipinski definition) is 6. The van der Waals surface area contributed by atoms with Crippen LogP contribution in [-0.2, 0) is 15.1 Å². The fraction of sp³-hybridized carbons (Fsp3) is 0.438. The van der Waals surface area contributed by atoms with Crippen LogP contribution in [0.15, 0.2) is 22.6 Å². The molecule has 1 atom stereocenters. The molecule has 3 rings (SSSR count). The van der Waals surface area contributed by atoms with Crippen molar-refractivity contribution in [2.75, 3.05) is 19.8 Å². The van der Waals surface area contributed by atoms with Crippen LogP contribution in [0, 0.1) is 18.3 Å². The van der Waals surface area contributed by atoms with Crippen molar-refractivity contribution < 1.29 is 13.9 Å². The Balaban J connectivity index is 1.95. The third-order valence-corrected chi connectivity index (χ3v) is 3.81. The van der Waals surface area contributed by atoms with Crippen molar-refractivity contribution in [1.29, 1.82) is 5.26 Å². The molecule has 1 fully saturated rings. The molecule has 0 aliphatic carbocycles. The van der Waals surface area contributed by atoms with Crippen LogP contribution < -0.4 is 0 Å². The molecule has 2 aromatic rings. The van der Waals surface area contributed by atoms with E-state index in [4.69, 9.17) is 19.2 Å². The highest BCUT2D eigenvalue weighted by Gasteiger charge is 2.43. The monoisotopic (exact) mass is 299 g/mol. The summed E-state index contributed by atoms with van der Waals surface area (Å²) in [5.41, 5.74) is 1.71. The first-order valence-corrected chi connectivity index (χ1v) is 7.25. The molecule has 22 heavy (non-hydrogen) atoms. The Kier molecular flexibility index (Phi) is 3.92. The normalized spacial score (nSPS) is 21.0. The summed E-state index contributed by atoms with van der Waals surface area (Å²) < 4.78 is 17.1. The fourth-order valence-electron chi connectivity index (χ4n) is 2.66. The molecular weight excluding hydrogens is 282 g/mol. The van der Waals surface area contributed by atoms with Crippen molar-refractivity contribution in [1.82, 2.24) is 10.2 Å². The first-order valence-electron chi connectivity index (χ1n) is 7.25. The molecule has 1 aliphatic rings. The van der Waals surface area contributed by atoms with E-state index in [0.29, 0.717) is 43.6 Å². The predicted molar refractivity (Wildman–Crippen MR) is 77.9 cm³/mol. The molecule has 0 saturated carbocycles. The van der Waals surface area contributed by atoms with Crippen LogP contribution >= 0.6 is 0 Å². The molecule has 1 saturated heterocycles. The van der Waals surface area contributed by atoms with Crippen molar-refractivity contribution in [2.24, 2.45) is 0 Å². The van der Waals surface area contributed by atoms with Crippen molar-refractivity contribution in [2.45, 2.75) is 25.9 Å². The van der Waals surface area contributed by atoms with E-state index in [1.54, 1.807) is 12.1 Å². The van der Waals surface area contributed by atoms with Gasteiger partial charge in [-0.3, -0.25) is 0 Å². The van der Waals surface area contributed by atoms with Crippen molar-refractivity contribution in [3.05, 3.63) is 35.2 Å². The maximum absolute atomic E-state index is 8.93. The Morgan fingerprint density at radius 2 is 2.27 bits per heavy atom. The second kappa shape index (κ2) is 5.87. The lowest BCUT2D eigenvalue weighted by Gasteiger charge is -2.22. The minimum Gasteiger partial charge on any atom is -0.417 e. The molecule has 0 spiro atoms. The van der Waals surface area contributed by atoms with Gasteiger partial charge in [-0.1, -0.05) is 0 Å². The smallest absolute Gasteiger partial charge is 0.251 e. The summed E-state index contributed by atoms with van der Waals surface area (Å²) >= 11 is 0. The molecule has 1 aliphatic heterocycles. The average molecular weight is 299 g/mol. The van der Waals surface area contributed by atoms with Crippen molar-refractivity contribution in [3.8, 4) is 17.5 Å². The number of hydrogen-bond donors (Lipinski definition) is 0. The summed E-state index contributed by atoms with van der Waals surface area (Å²) in [5.74, 6) is 0.883. The van der Waals surface area contributed by atoms with Gasteiger partial charge in [-0.25, -0.2) is 0 Å². The lowest BCUT2D eigenvalue weighted by atomic mass is 10.0. The minimum absolute atomic E-state index is 0.425. The number of aryl methyl sites for hydroxylation is 1. The van der Waals surface area contributed by atoms with Crippen LogP contribution in [0.3, 0.4) is 0 Å². The first kappa shape index (κ1) is 14.7. The maximum atomic E-state index is 8.93.